The molecule has 2 aliphatic rings. The van der Waals surface area contributed by atoms with E-state index in [1.165, 1.54) is 37.8 Å². The van der Waals surface area contributed by atoms with Gasteiger partial charge < -0.3 is 9.26 Å². The summed E-state index contributed by atoms with van der Waals surface area (Å²) in [6.07, 6.45) is 12.7. The van der Waals surface area contributed by atoms with Crippen molar-refractivity contribution in [2.24, 2.45) is 0 Å². The van der Waals surface area contributed by atoms with Crippen molar-refractivity contribution in [2.45, 2.75) is 70.1 Å². The third-order valence-corrected chi connectivity index (χ3v) is 5.72. The number of aromatic nitrogens is 2. The van der Waals surface area contributed by atoms with Crippen molar-refractivity contribution < 1.29 is 9.26 Å². The van der Waals surface area contributed by atoms with Crippen LogP contribution in [0.4, 0.5) is 0 Å². The molecule has 0 aromatic carbocycles. The minimum atomic E-state index is 0.346. The Labute approximate surface area is 155 Å². The predicted molar refractivity (Wildman–Crippen MR) is 99.7 cm³/mol. The number of rotatable bonds is 6. The zero-order valence-corrected chi connectivity index (χ0v) is 15.5. The summed E-state index contributed by atoms with van der Waals surface area (Å²) in [6, 6.07) is 6.22. The molecule has 0 unspecified atom stereocenters. The lowest BCUT2D eigenvalue weighted by Gasteiger charge is -2.31. The maximum absolute atomic E-state index is 6.05. The van der Waals surface area contributed by atoms with E-state index in [1.54, 1.807) is 6.20 Å². The van der Waals surface area contributed by atoms with Gasteiger partial charge in [-0.1, -0.05) is 30.5 Å². The smallest absolute Gasteiger partial charge is 0.150 e. The van der Waals surface area contributed by atoms with Crippen LogP contribution in [-0.4, -0.2) is 34.2 Å². The topological polar surface area (TPSA) is 51.4 Å². The van der Waals surface area contributed by atoms with Gasteiger partial charge in [0.2, 0.25) is 0 Å². The number of piperidine rings is 1. The molecule has 0 bridgehead atoms. The highest BCUT2D eigenvalue weighted by molar-refractivity contribution is 5.11. The minimum absolute atomic E-state index is 0.346. The molecule has 2 fully saturated rings. The zero-order chi connectivity index (χ0) is 17.6. The molecule has 140 valence electrons. The van der Waals surface area contributed by atoms with E-state index in [0.29, 0.717) is 18.6 Å². The Morgan fingerprint density at radius 3 is 2.73 bits per heavy atom. The molecular formula is C21H29N3O2. The van der Waals surface area contributed by atoms with Crippen molar-refractivity contribution in [1.82, 2.24) is 15.0 Å². The quantitative estimate of drug-likeness (QED) is 0.773. The number of hydrogen-bond acceptors (Lipinski definition) is 5. The fraction of sp³-hybridized carbons (Fsp3) is 0.619. The molecule has 0 amide bonds. The molecule has 1 saturated carbocycles. The van der Waals surface area contributed by atoms with Crippen molar-refractivity contribution in [3.63, 3.8) is 0 Å². The predicted octanol–water partition coefficient (Wildman–Crippen LogP) is 4.30. The average molecular weight is 355 g/mol. The lowest BCUT2D eigenvalue weighted by molar-refractivity contribution is -0.00536. The molecule has 0 atom stereocenters. The third kappa shape index (κ3) is 4.71. The highest BCUT2D eigenvalue weighted by Gasteiger charge is 2.23. The molecule has 2 aromatic heterocycles. The first-order chi connectivity index (χ1) is 12.9. The van der Waals surface area contributed by atoms with Crippen LogP contribution in [0.15, 0.2) is 35.1 Å². The van der Waals surface area contributed by atoms with Crippen LogP contribution in [0.25, 0.3) is 0 Å². The average Bonchev–Trinajstić information content (AvgIpc) is 3.17. The van der Waals surface area contributed by atoms with E-state index in [9.17, 15) is 0 Å². The SMILES string of the molecule is c1cncc(COC2CCN(Cc3cc(C4CCCCC4)no3)CC2)c1. The Bertz CT molecular complexity index is 659. The van der Waals surface area contributed by atoms with E-state index in [0.717, 1.165) is 43.8 Å². The molecule has 1 aliphatic heterocycles. The highest BCUT2D eigenvalue weighted by atomic mass is 16.5. The van der Waals surface area contributed by atoms with Crippen LogP contribution in [-0.2, 0) is 17.9 Å². The molecule has 0 radical (unpaired) electrons. The normalized spacial score (nSPS) is 20.5. The summed E-state index contributed by atoms with van der Waals surface area (Å²) in [6.45, 7) is 3.63. The summed E-state index contributed by atoms with van der Waals surface area (Å²) in [5, 5.41) is 4.35. The molecule has 1 aliphatic carbocycles. The Morgan fingerprint density at radius 1 is 1.12 bits per heavy atom. The summed E-state index contributed by atoms with van der Waals surface area (Å²) in [5.74, 6) is 1.63. The lowest BCUT2D eigenvalue weighted by atomic mass is 9.87. The van der Waals surface area contributed by atoms with E-state index in [1.807, 2.05) is 12.3 Å². The van der Waals surface area contributed by atoms with Gasteiger partial charge in [0.1, 0.15) is 0 Å². The lowest BCUT2D eigenvalue weighted by Crippen LogP contribution is -2.36. The van der Waals surface area contributed by atoms with Crippen molar-refractivity contribution >= 4 is 0 Å². The Hall–Kier alpha value is -1.72. The van der Waals surface area contributed by atoms with Gasteiger partial charge in [-0.15, -0.1) is 0 Å². The summed E-state index contributed by atoms with van der Waals surface area (Å²) in [4.78, 5) is 6.59. The summed E-state index contributed by atoms with van der Waals surface area (Å²) in [5.41, 5.74) is 2.32. The molecule has 0 spiro atoms. The van der Waals surface area contributed by atoms with Crippen LogP contribution >= 0.6 is 0 Å². The number of nitrogens with zero attached hydrogens (tertiary/aromatic N) is 3. The van der Waals surface area contributed by atoms with E-state index in [2.05, 4.69) is 27.2 Å². The van der Waals surface area contributed by atoms with Gasteiger partial charge in [0.05, 0.1) is 24.9 Å². The van der Waals surface area contributed by atoms with Gasteiger partial charge in [-0.3, -0.25) is 9.88 Å². The first-order valence-corrected chi connectivity index (χ1v) is 10.0. The maximum Gasteiger partial charge on any atom is 0.150 e. The largest absolute Gasteiger partial charge is 0.373 e. The van der Waals surface area contributed by atoms with Crippen molar-refractivity contribution in [1.29, 1.82) is 0 Å². The first kappa shape index (κ1) is 17.7. The molecule has 26 heavy (non-hydrogen) atoms. The number of hydrogen-bond donors (Lipinski definition) is 0. The van der Waals surface area contributed by atoms with E-state index < -0.39 is 0 Å². The molecular weight excluding hydrogens is 326 g/mol. The summed E-state index contributed by atoms with van der Waals surface area (Å²) >= 11 is 0. The third-order valence-electron chi connectivity index (χ3n) is 5.72. The number of likely N-dealkylation sites (tertiary alicyclic amines) is 1. The van der Waals surface area contributed by atoms with Crippen molar-refractivity contribution in [3.8, 4) is 0 Å². The Kier molecular flexibility index (Phi) is 5.97. The van der Waals surface area contributed by atoms with Crippen molar-refractivity contribution in [2.75, 3.05) is 13.1 Å². The van der Waals surface area contributed by atoms with Gasteiger partial charge in [0, 0.05) is 37.5 Å². The molecule has 2 aromatic rings. The van der Waals surface area contributed by atoms with Gasteiger partial charge in [-0.2, -0.15) is 0 Å². The van der Waals surface area contributed by atoms with Crippen LogP contribution in [0.1, 0.15) is 67.9 Å². The zero-order valence-electron chi connectivity index (χ0n) is 15.5. The van der Waals surface area contributed by atoms with Gasteiger partial charge in [-0.05, 0) is 37.3 Å². The van der Waals surface area contributed by atoms with Gasteiger partial charge in [0.25, 0.3) is 0 Å². The molecule has 5 heteroatoms. The van der Waals surface area contributed by atoms with Crippen LogP contribution in [0.2, 0.25) is 0 Å². The standard InChI is InChI=1S/C21H29N3O2/c1-2-6-18(7-3-1)21-13-20(26-23-21)15-24-11-8-19(9-12-24)25-16-17-5-4-10-22-14-17/h4-5,10,13-14,18-19H,1-3,6-9,11-12,15-16H2. The van der Waals surface area contributed by atoms with E-state index in [-0.39, 0.29) is 0 Å². The molecule has 1 saturated heterocycles. The van der Waals surface area contributed by atoms with E-state index >= 15 is 0 Å². The molecule has 5 nitrogen and oxygen atoms in total. The van der Waals surface area contributed by atoms with Gasteiger partial charge in [0.15, 0.2) is 5.76 Å². The van der Waals surface area contributed by atoms with Crippen LogP contribution in [0.3, 0.4) is 0 Å². The summed E-state index contributed by atoms with van der Waals surface area (Å²) < 4.78 is 11.7. The van der Waals surface area contributed by atoms with Crippen LogP contribution < -0.4 is 0 Å². The maximum atomic E-state index is 6.05. The van der Waals surface area contributed by atoms with Crippen molar-refractivity contribution in [3.05, 3.63) is 47.6 Å². The Morgan fingerprint density at radius 2 is 1.96 bits per heavy atom. The van der Waals surface area contributed by atoms with Crippen LogP contribution in [0, 0.1) is 0 Å². The first-order valence-electron chi connectivity index (χ1n) is 10.0. The summed E-state index contributed by atoms with van der Waals surface area (Å²) in [7, 11) is 0. The molecule has 4 rings (SSSR count). The van der Waals surface area contributed by atoms with Gasteiger partial charge in [-0.25, -0.2) is 0 Å². The van der Waals surface area contributed by atoms with Gasteiger partial charge >= 0.3 is 0 Å². The number of ether oxygens (including phenoxy) is 1. The van der Waals surface area contributed by atoms with Crippen LogP contribution in [0.5, 0.6) is 0 Å². The van der Waals surface area contributed by atoms with E-state index in [4.69, 9.17) is 9.26 Å². The molecule has 0 N–H and O–H groups in total. The monoisotopic (exact) mass is 355 g/mol. The fourth-order valence-corrected chi connectivity index (χ4v) is 4.15. The minimum Gasteiger partial charge on any atom is -0.373 e. The second kappa shape index (κ2) is 8.78. The Balaban J connectivity index is 1.21. The molecule has 3 heterocycles. The number of pyridine rings is 1. The highest BCUT2D eigenvalue weighted by Crippen LogP contribution is 2.32. The fourth-order valence-electron chi connectivity index (χ4n) is 4.15. The second-order valence-corrected chi connectivity index (χ2v) is 7.70. The second-order valence-electron chi connectivity index (χ2n) is 7.70.